The Labute approximate surface area is 306 Å². The first kappa shape index (κ1) is 35.5. The lowest BCUT2D eigenvalue weighted by molar-refractivity contribution is -0.142. The van der Waals surface area contributed by atoms with Crippen molar-refractivity contribution < 1.29 is 13.9 Å². The summed E-state index contributed by atoms with van der Waals surface area (Å²) in [5, 5.41) is 12.4. The van der Waals surface area contributed by atoms with Crippen LogP contribution in [0.15, 0.2) is 82.8 Å². The maximum Gasteiger partial charge on any atom is 0.302 e. The smallest absolute Gasteiger partial charge is 0.302 e. The molecule has 0 saturated carbocycles. The van der Waals surface area contributed by atoms with Gasteiger partial charge in [0.2, 0.25) is 0 Å². The molecule has 2 aromatic carbocycles. The number of nitrogens with zero attached hydrogens (tertiary/aromatic N) is 7. The normalized spacial score (nSPS) is 17.0. The third-order valence-corrected chi connectivity index (χ3v) is 10.2. The molecule has 2 aliphatic rings. The minimum Gasteiger partial charge on any atom is -0.461 e. The van der Waals surface area contributed by atoms with E-state index in [1.165, 1.54) is 30.9 Å². The number of hydrogen-bond donors (Lipinski definition) is 1. The molecule has 13 heteroatoms. The molecule has 2 unspecified atom stereocenters. The predicted molar refractivity (Wildman–Crippen MR) is 203 cm³/mol. The fourth-order valence-electron chi connectivity index (χ4n) is 7.39. The summed E-state index contributed by atoms with van der Waals surface area (Å²) in [5.41, 5.74) is 3.19. The van der Waals surface area contributed by atoms with Crippen LogP contribution >= 0.6 is 0 Å². The second-order valence-electron chi connectivity index (χ2n) is 14.9. The van der Waals surface area contributed by atoms with Crippen LogP contribution in [0.3, 0.4) is 0 Å². The van der Waals surface area contributed by atoms with E-state index in [0.29, 0.717) is 40.1 Å². The van der Waals surface area contributed by atoms with E-state index < -0.39 is 17.3 Å². The van der Waals surface area contributed by atoms with Crippen LogP contribution in [-0.2, 0) is 28.6 Å². The lowest BCUT2D eigenvalue weighted by atomic mass is 9.86. The number of benzene rings is 2. The number of carbonyl (C=O) groups is 1. The van der Waals surface area contributed by atoms with Crippen molar-refractivity contribution in [1.82, 2.24) is 29.4 Å². The zero-order chi connectivity index (χ0) is 37.8. The average Bonchev–Trinajstić information content (AvgIpc) is 3.37. The van der Waals surface area contributed by atoms with Gasteiger partial charge < -0.3 is 19.9 Å². The van der Waals surface area contributed by atoms with Gasteiger partial charge in [-0.05, 0) is 67.1 Å². The van der Waals surface area contributed by atoms with Gasteiger partial charge in [-0.3, -0.25) is 14.4 Å². The molecule has 5 heterocycles. The van der Waals surface area contributed by atoms with Crippen LogP contribution in [-0.4, -0.2) is 60.6 Å². The van der Waals surface area contributed by atoms with Crippen LogP contribution in [0.4, 0.5) is 21.6 Å². The average molecular weight is 719 g/mol. The van der Waals surface area contributed by atoms with Gasteiger partial charge in [-0.2, -0.15) is 14.9 Å². The number of pyridine rings is 1. The summed E-state index contributed by atoms with van der Waals surface area (Å²) >= 11 is 0. The number of allylic oxidation sites excluding steroid dienone is 1. The molecule has 2 aliphatic heterocycles. The second-order valence-corrected chi connectivity index (χ2v) is 14.9. The topological polar surface area (TPSA) is 127 Å². The highest BCUT2D eigenvalue weighted by atomic mass is 19.1. The number of rotatable bonds is 8. The van der Waals surface area contributed by atoms with Crippen molar-refractivity contribution in [3.05, 3.63) is 111 Å². The molecule has 7 rings (SSSR count). The molecule has 2 saturated heterocycles. The van der Waals surface area contributed by atoms with Gasteiger partial charge in [-0.15, -0.1) is 0 Å². The Morgan fingerprint density at radius 1 is 1.02 bits per heavy atom. The molecule has 2 fully saturated rings. The number of aromatic nitrogens is 5. The first-order valence-electron chi connectivity index (χ1n) is 17.7. The van der Waals surface area contributed by atoms with E-state index in [-0.39, 0.29) is 34.3 Å². The van der Waals surface area contributed by atoms with Crippen molar-refractivity contribution in [2.45, 2.75) is 71.6 Å². The number of esters is 1. The molecule has 0 radical (unpaired) electrons. The maximum absolute atomic E-state index is 15.6. The number of ether oxygens (including phenoxy) is 1. The number of nitrogens with one attached hydrogen (secondary N) is 1. The number of anilines is 3. The zero-order valence-corrected chi connectivity index (χ0v) is 30.8. The first-order valence-corrected chi connectivity index (χ1v) is 17.7. The molecule has 53 heavy (non-hydrogen) atoms. The van der Waals surface area contributed by atoms with E-state index in [0.717, 1.165) is 47.6 Å². The summed E-state index contributed by atoms with van der Waals surface area (Å²) in [4.78, 5) is 48.7. The Hall–Kier alpha value is -5.85. The second kappa shape index (κ2) is 13.6. The molecule has 274 valence electrons. The molecule has 0 amide bonds. The summed E-state index contributed by atoms with van der Waals surface area (Å²) in [7, 11) is 1.54. The molecule has 1 N–H and O–H groups in total. The minimum atomic E-state index is -0.669. The minimum absolute atomic E-state index is 0.108. The molecule has 12 nitrogen and oxygen atoms in total. The van der Waals surface area contributed by atoms with Crippen LogP contribution in [0.5, 0.6) is 0 Å². The van der Waals surface area contributed by atoms with E-state index in [4.69, 9.17) is 4.74 Å². The molecule has 0 aliphatic carbocycles. The number of hydrogen-bond acceptors (Lipinski definition) is 10. The van der Waals surface area contributed by atoms with Gasteiger partial charge in [0.05, 0.1) is 34.8 Å². The Bertz CT molecular complexity index is 2370. The van der Waals surface area contributed by atoms with Gasteiger partial charge in [0.25, 0.3) is 11.1 Å². The summed E-state index contributed by atoms with van der Waals surface area (Å²) in [6.07, 6.45) is 5.52. The van der Waals surface area contributed by atoms with Gasteiger partial charge in [0.15, 0.2) is 0 Å². The van der Waals surface area contributed by atoms with Crippen molar-refractivity contribution in [3.8, 4) is 16.9 Å². The van der Waals surface area contributed by atoms with Crippen LogP contribution < -0.4 is 21.3 Å². The molecule has 2 atom stereocenters. The Morgan fingerprint density at radius 2 is 1.75 bits per heavy atom. The van der Waals surface area contributed by atoms with E-state index >= 15 is 4.39 Å². The lowest BCUT2D eigenvalue weighted by Gasteiger charge is -2.43. The third kappa shape index (κ3) is 6.78. The monoisotopic (exact) mass is 718 g/mol. The number of fused-ring (bicyclic) bond motifs is 3. The molecular weight excluding hydrogens is 675 g/mol. The number of likely N-dealkylation sites (tertiary alicyclic amines) is 1. The van der Waals surface area contributed by atoms with Gasteiger partial charge in [0.1, 0.15) is 23.9 Å². The van der Waals surface area contributed by atoms with Crippen LogP contribution in [0.2, 0.25) is 0 Å². The highest BCUT2D eigenvalue weighted by Gasteiger charge is 2.40. The SMILES string of the molecule is C=C(C)N1CC2CCC(C1)N2c1ccc(Nc2cc(-c3cccc(-n4ncc5cc(C(C)(C)C)cc(F)c5c4=O)c3COC(C)=O)nn(C)c2=O)nc1. The lowest BCUT2D eigenvalue weighted by Crippen LogP contribution is -2.53. The molecule has 5 aromatic rings. The van der Waals surface area contributed by atoms with E-state index in [2.05, 4.69) is 43.8 Å². The molecule has 2 bridgehead atoms. The van der Waals surface area contributed by atoms with Crippen LogP contribution in [0, 0.1) is 5.82 Å². The van der Waals surface area contributed by atoms with Crippen LogP contribution in [0.1, 0.15) is 58.6 Å². The van der Waals surface area contributed by atoms with Crippen LogP contribution in [0.25, 0.3) is 27.7 Å². The summed E-state index contributed by atoms with van der Waals surface area (Å²) in [6, 6.07) is 14.5. The Morgan fingerprint density at radius 3 is 2.40 bits per heavy atom. The summed E-state index contributed by atoms with van der Waals surface area (Å²) in [5.74, 6) is -0.712. The van der Waals surface area contributed by atoms with Crippen molar-refractivity contribution in [2.24, 2.45) is 7.05 Å². The zero-order valence-electron chi connectivity index (χ0n) is 30.8. The fourth-order valence-corrected chi connectivity index (χ4v) is 7.39. The van der Waals surface area contributed by atoms with Gasteiger partial charge in [-0.25, -0.2) is 14.1 Å². The number of carbonyl (C=O) groups excluding carboxylic acids is 1. The fraction of sp³-hybridized carbons (Fsp3) is 0.350. The molecule has 3 aromatic heterocycles. The van der Waals surface area contributed by atoms with Gasteiger partial charge in [-0.1, -0.05) is 39.5 Å². The van der Waals surface area contributed by atoms with E-state index in [1.54, 1.807) is 30.3 Å². The largest absolute Gasteiger partial charge is 0.461 e. The van der Waals surface area contributed by atoms with Crippen molar-refractivity contribution >= 4 is 33.9 Å². The third-order valence-electron chi connectivity index (χ3n) is 10.2. The molecule has 0 spiro atoms. The standard InChI is InChI=1S/C40H43FN8O4/c1-23(2)47-20-28-11-12-29(21-47)48(28)27-13-14-36(42-19-27)44-34-17-33(45-46(7)38(34)51)30-9-8-10-35(31(30)22-53-24(3)50)49-39(52)37-25(18-43-49)15-26(16-32(37)41)40(4,5)6/h8-10,13-19,28-29H,1,11-12,20-22H2,2-7H3,(H,42,44). The van der Waals surface area contributed by atoms with Gasteiger partial charge in [0, 0.05) is 61.4 Å². The van der Waals surface area contributed by atoms with Crippen molar-refractivity contribution in [1.29, 1.82) is 0 Å². The first-order chi connectivity index (χ1) is 25.2. The Kier molecular flexibility index (Phi) is 9.13. The number of piperazine rings is 1. The van der Waals surface area contributed by atoms with Crippen molar-refractivity contribution in [2.75, 3.05) is 23.3 Å². The predicted octanol–water partition coefficient (Wildman–Crippen LogP) is 5.97. The van der Waals surface area contributed by atoms with Gasteiger partial charge >= 0.3 is 5.97 Å². The highest BCUT2D eigenvalue weighted by Crippen LogP contribution is 2.36. The summed E-state index contributed by atoms with van der Waals surface area (Å²) in [6.45, 7) is 15.0. The van der Waals surface area contributed by atoms with Crippen molar-refractivity contribution in [3.63, 3.8) is 0 Å². The highest BCUT2D eigenvalue weighted by molar-refractivity contribution is 5.83. The van der Waals surface area contributed by atoms with E-state index in [1.807, 2.05) is 39.1 Å². The van der Waals surface area contributed by atoms with E-state index in [9.17, 15) is 14.4 Å². The Balaban J connectivity index is 1.24. The summed E-state index contributed by atoms with van der Waals surface area (Å²) < 4.78 is 23.3. The number of halogens is 1. The maximum atomic E-state index is 15.6. The quantitative estimate of drug-likeness (QED) is 0.192. The number of aryl methyl sites for hydroxylation is 1. The molecular formula is C40H43FN8O4.